The van der Waals surface area contributed by atoms with Gasteiger partial charge in [-0.05, 0) is 69.5 Å². The largest absolute Gasteiger partial charge is 0.397 e. The second kappa shape index (κ2) is 6.93. The van der Waals surface area contributed by atoms with E-state index in [2.05, 4.69) is 92.7 Å². The van der Waals surface area contributed by atoms with Crippen molar-refractivity contribution in [2.24, 2.45) is 0 Å². The Morgan fingerprint density at radius 1 is 0.500 bits per heavy atom. The van der Waals surface area contributed by atoms with E-state index in [0.29, 0.717) is 11.4 Å². The first-order chi connectivity index (χ1) is 14.6. The standard InChI is InChI=1S/C28H24N2/c1-17-9-3-5-11-19(17)25-21-13-7-8-14-22(21)26(20-12-6-4-10-18(20)2)27-23(25)15-16-24(29)28(27)30/h3-16H,29-30H2,1-2H3. The Balaban J connectivity index is 2.10. The Morgan fingerprint density at radius 2 is 1.00 bits per heavy atom. The van der Waals surface area contributed by atoms with Gasteiger partial charge < -0.3 is 11.5 Å². The van der Waals surface area contributed by atoms with Crippen LogP contribution in [0.4, 0.5) is 11.4 Å². The number of hydrogen-bond acceptors (Lipinski definition) is 2. The van der Waals surface area contributed by atoms with E-state index >= 15 is 0 Å². The van der Waals surface area contributed by atoms with Crippen LogP contribution in [0.25, 0.3) is 43.8 Å². The van der Waals surface area contributed by atoms with Gasteiger partial charge in [0, 0.05) is 5.39 Å². The maximum Gasteiger partial charge on any atom is 0.0634 e. The van der Waals surface area contributed by atoms with Gasteiger partial charge in [0.25, 0.3) is 0 Å². The molecule has 0 unspecified atom stereocenters. The number of hydrogen-bond donors (Lipinski definition) is 2. The number of anilines is 2. The fourth-order valence-corrected chi connectivity index (χ4v) is 4.59. The fraction of sp³-hybridized carbons (Fsp3) is 0.0714. The zero-order valence-corrected chi connectivity index (χ0v) is 17.2. The number of rotatable bonds is 2. The van der Waals surface area contributed by atoms with Gasteiger partial charge in [0.1, 0.15) is 0 Å². The van der Waals surface area contributed by atoms with E-state index in [-0.39, 0.29) is 0 Å². The topological polar surface area (TPSA) is 52.0 Å². The van der Waals surface area contributed by atoms with Crippen LogP contribution in [0, 0.1) is 13.8 Å². The summed E-state index contributed by atoms with van der Waals surface area (Å²) < 4.78 is 0. The number of nitrogen functional groups attached to an aromatic ring is 2. The molecule has 0 saturated carbocycles. The van der Waals surface area contributed by atoms with Crippen LogP contribution in [0.2, 0.25) is 0 Å². The van der Waals surface area contributed by atoms with E-state index in [4.69, 9.17) is 11.5 Å². The summed E-state index contributed by atoms with van der Waals surface area (Å²) >= 11 is 0. The van der Waals surface area contributed by atoms with Gasteiger partial charge in [0.15, 0.2) is 0 Å². The third-order valence-corrected chi connectivity index (χ3v) is 6.09. The molecule has 0 atom stereocenters. The van der Waals surface area contributed by atoms with Crippen LogP contribution >= 0.6 is 0 Å². The van der Waals surface area contributed by atoms with Crippen LogP contribution in [-0.4, -0.2) is 0 Å². The van der Waals surface area contributed by atoms with Crippen molar-refractivity contribution in [3.8, 4) is 22.3 Å². The van der Waals surface area contributed by atoms with Crippen molar-refractivity contribution in [1.82, 2.24) is 0 Å². The lowest BCUT2D eigenvalue weighted by Crippen LogP contribution is -2.00. The summed E-state index contributed by atoms with van der Waals surface area (Å²) in [5.41, 5.74) is 21.5. The van der Waals surface area contributed by atoms with E-state index in [1.165, 1.54) is 38.6 Å². The second-order valence-corrected chi connectivity index (χ2v) is 7.92. The highest BCUT2D eigenvalue weighted by molar-refractivity contribution is 6.25. The van der Waals surface area contributed by atoms with Crippen molar-refractivity contribution in [3.05, 3.63) is 96.1 Å². The molecule has 0 saturated heterocycles. The first-order valence-electron chi connectivity index (χ1n) is 10.2. The van der Waals surface area contributed by atoms with E-state index < -0.39 is 0 Å². The molecular formula is C28H24N2. The van der Waals surface area contributed by atoms with Gasteiger partial charge in [-0.25, -0.2) is 0 Å². The summed E-state index contributed by atoms with van der Waals surface area (Å²) in [6.45, 7) is 4.31. The summed E-state index contributed by atoms with van der Waals surface area (Å²) in [6, 6.07) is 29.7. The first-order valence-corrected chi connectivity index (χ1v) is 10.2. The molecule has 0 spiro atoms. The molecule has 30 heavy (non-hydrogen) atoms. The van der Waals surface area contributed by atoms with Gasteiger partial charge >= 0.3 is 0 Å². The Kier molecular flexibility index (Phi) is 4.22. The predicted molar refractivity (Wildman–Crippen MR) is 131 cm³/mol. The van der Waals surface area contributed by atoms with Crippen molar-refractivity contribution < 1.29 is 0 Å². The van der Waals surface area contributed by atoms with Crippen molar-refractivity contribution >= 4 is 32.9 Å². The Labute approximate surface area is 176 Å². The molecule has 0 bridgehead atoms. The minimum absolute atomic E-state index is 0.614. The molecule has 0 aromatic heterocycles. The highest BCUT2D eigenvalue weighted by atomic mass is 14.7. The molecule has 5 rings (SSSR count). The highest BCUT2D eigenvalue weighted by Crippen LogP contribution is 2.47. The zero-order chi connectivity index (χ0) is 20.8. The maximum atomic E-state index is 6.66. The van der Waals surface area contributed by atoms with Crippen LogP contribution in [-0.2, 0) is 0 Å². The molecule has 0 heterocycles. The quantitative estimate of drug-likeness (QED) is 0.250. The first kappa shape index (κ1) is 18.3. The van der Waals surface area contributed by atoms with Gasteiger partial charge in [-0.2, -0.15) is 0 Å². The van der Waals surface area contributed by atoms with Gasteiger partial charge in [-0.1, -0.05) is 78.9 Å². The molecule has 5 aromatic rings. The third-order valence-electron chi connectivity index (χ3n) is 6.09. The van der Waals surface area contributed by atoms with E-state index in [0.717, 1.165) is 16.3 Å². The molecule has 5 aromatic carbocycles. The number of aryl methyl sites for hydroxylation is 2. The normalized spacial score (nSPS) is 11.3. The maximum absolute atomic E-state index is 6.66. The monoisotopic (exact) mass is 388 g/mol. The fourth-order valence-electron chi connectivity index (χ4n) is 4.59. The molecule has 0 amide bonds. The third kappa shape index (κ3) is 2.65. The van der Waals surface area contributed by atoms with Crippen LogP contribution < -0.4 is 11.5 Å². The van der Waals surface area contributed by atoms with Crippen molar-refractivity contribution in [2.45, 2.75) is 13.8 Å². The van der Waals surface area contributed by atoms with Gasteiger partial charge in [-0.15, -0.1) is 0 Å². The summed E-state index contributed by atoms with van der Waals surface area (Å²) in [7, 11) is 0. The van der Waals surface area contributed by atoms with E-state index in [1.54, 1.807) is 0 Å². The second-order valence-electron chi connectivity index (χ2n) is 7.92. The summed E-state index contributed by atoms with van der Waals surface area (Å²) in [6.07, 6.45) is 0. The minimum Gasteiger partial charge on any atom is -0.397 e. The number of fused-ring (bicyclic) bond motifs is 2. The lowest BCUT2D eigenvalue weighted by Gasteiger charge is -2.21. The molecule has 4 N–H and O–H groups in total. The van der Waals surface area contributed by atoms with Crippen LogP contribution in [0.5, 0.6) is 0 Å². The lowest BCUT2D eigenvalue weighted by molar-refractivity contribution is 1.47. The van der Waals surface area contributed by atoms with Gasteiger partial charge in [-0.3, -0.25) is 0 Å². The Bertz CT molecular complexity index is 1430. The average molecular weight is 389 g/mol. The molecule has 2 nitrogen and oxygen atoms in total. The van der Waals surface area contributed by atoms with Crippen molar-refractivity contribution in [2.75, 3.05) is 11.5 Å². The van der Waals surface area contributed by atoms with Gasteiger partial charge in [0.2, 0.25) is 0 Å². The van der Waals surface area contributed by atoms with E-state index in [9.17, 15) is 0 Å². The summed E-state index contributed by atoms with van der Waals surface area (Å²) in [4.78, 5) is 0. The van der Waals surface area contributed by atoms with Crippen molar-refractivity contribution in [1.29, 1.82) is 0 Å². The SMILES string of the molecule is Cc1ccccc1-c1c2ccccc2c(-c2ccccc2C)c2c(N)c(N)ccc12. The Morgan fingerprint density at radius 3 is 1.60 bits per heavy atom. The molecule has 146 valence electrons. The molecule has 0 fully saturated rings. The van der Waals surface area contributed by atoms with Gasteiger partial charge in [0.05, 0.1) is 11.4 Å². The summed E-state index contributed by atoms with van der Waals surface area (Å²) in [5.74, 6) is 0. The van der Waals surface area contributed by atoms with Crippen LogP contribution in [0.15, 0.2) is 84.9 Å². The molecule has 0 aliphatic carbocycles. The zero-order valence-electron chi connectivity index (χ0n) is 17.2. The lowest BCUT2D eigenvalue weighted by atomic mass is 9.83. The molecule has 0 radical (unpaired) electrons. The highest BCUT2D eigenvalue weighted by Gasteiger charge is 2.20. The van der Waals surface area contributed by atoms with Crippen molar-refractivity contribution in [3.63, 3.8) is 0 Å². The van der Waals surface area contributed by atoms with E-state index in [1.807, 2.05) is 6.07 Å². The Hall–Kier alpha value is -3.78. The van der Waals surface area contributed by atoms with Crippen LogP contribution in [0.3, 0.4) is 0 Å². The smallest absolute Gasteiger partial charge is 0.0634 e. The minimum atomic E-state index is 0.614. The molecule has 0 aliphatic heterocycles. The average Bonchev–Trinajstić information content (AvgIpc) is 2.76. The predicted octanol–water partition coefficient (Wildman–Crippen LogP) is 7.11. The molecule has 0 aliphatic rings. The van der Waals surface area contributed by atoms with Crippen LogP contribution in [0.1, 0.15) is 11.1 Å². The summed E-state index contributed by atoms with van der Waals surface area (Å²) in [5, 5.41) is 4.57. The molecular weight excluding hydrogens is 364 g/mol. The number of nitrogens with two attached hydrogens (primary N) is 2. The molecule has 2 heteroatoms. The number of benzene rings is 5.